The number of halogens is 1. The van der Waals surface area contributed by atoms with Gasteiger partial charge in [-0.15, -0.1) is 16.7 Å². The van der Waals surface area contributed by atoms with Crippen LogP contribution in [0.3, 0.4) is 0 Å². The summed E-state index contributed by atoms with van der Waals surface area (Å²) in [6, 6.07) is 0.721. The van der Waals surface area contributed by atoms with Crippen molar-refractivity contribution in [2.75, 3.05) is 11.9 Å². The first-order valence-electron chi connectivity index (χ1n) is 6.30. The quantitative estimate of drug-likeness (QED) is 0.836. The Labute approximate surface area is 112 Å². The van der Waals surface area contributed by atoms with Crippen molar-refractivity contribution in [1.29, 1.82) is 0 Å². The third-order valence-electron chi connectivity index (χ3n) is 3.62. The monoisotopic (exact) mass is 273 g/mol. The van der Waals surface area contributed by atoms with Crippen LogP contribution in [0.15, 0.2) is 4.42 Å². The van der Waals surface area contributed by atoms with Crippen molar-refractivity contribution in [2.45, 2.75) is 51.6 Å². The highest BCUT2D eigenvalue weighted by Gasteiger charge is 2.49. The number of alkyl halides is 1. The van der Waals surface area contributed by atoms with Crippen molar-refractivity contribution in [3.05, 3.63) is 5.89 Å². The molecule has 3 atom stereocenters. The number of aromatic nitrogens is 2. The lowest BCUT2D eigenvalue weighted by atomic mass is 9.64. The Bertz CT molecular complexity index is 406. The van der Waals surface area contributed by atoms with Crippen molar-refractivity contribution >= 4 is 17.6 Å². The van der Waals surface area contributed by atoms with E-state index < -0.39 is 0 Å². The Kier molecular flexibility index (Phi) is 3.82. The summed E-state index contributed by atoms with van der Waals surface area (Å²) < 4.78 is 11.1. The zero-order valence-electron chi connectivity index (χ0n) is 11.2. The predicted molar refractivity (Wildman–Crippen MR) is 69.8 cm³/mol. The van der Waals surface area contributed by atoms with Gasteiger partial charge in [0.25, 0.3) is 0 Å². The van der Waals surface area contributed by atoms with E-state index in [0.29, 0.717) is 11.9 Å². The summed E-state index contributed by atoms with van der Waals surface area (Å²) in [5.41, 5.74) is 0.0667. The second-order valence-electron chi connectivity index (χ2n) is 5.26. The van der Waals surface area contributed by atoms with Gasteiger partial charge in [-0.2, -0.15) is 0 Å². The summed E-state index contributed by atoms with van der Waals surface area (Å²) in [6.07, 6.45) is 1.24. The van der Waals surface area contributed by atoms with Gasteiger partial charge in [0.05, 0.1) is 6.10 Å². The second kappa shape index (κ2) is 5.05. The highest BCUT2D eigenvalue weighted by molar-refractivity contribution is 6.20. The van der Waals surface area contributed by atoms with E-state index in [1.54, 1.807) is 6.92 Å². The van der Waals surface area contributed by atoms with E-state index in [9.17, 15) is 0 Å². The van der Waals surface area contributed by atoms with Crippen molar-refractivity contribution in [3.63, 3.8) is 0 Å². The molecule has 0 bridgehead atoms. The van der Waals surface area contributed by atoms with E-state index in [-0.39, 0.29) is 22.9 Å². The maximum absolute atomic E-state index is 5.88. The number of rotatable bonds is 5. The zero-order valence-corrected chi connectivity index (χ0v) is 12.0. The van der Waals surface area contributed by atoms with Gasteiger partial charge in [-0.3, -0.25) is 0 Å². The van der Waals surface area contributed by atoms with Gasteiger partial charge in [0, 0.05) is 18.1 Å². The molecular weight excluding hydrogens is 254 g/mol. The summed E-state index contributed by atoms with van der Waals surface area (Å²) in [7, 11) is 0. The van der Waals surface area contributed by atoms with E-state index in [0.717, 1.165) is 13.0 Å². The molecule has 1 aromatic rings. The molecule has 3 unspecified atom stereocenters. The van der Waals surface area contributed by atoms with E-state index >= 15 is 0 Å². The van der Waals surface area contributed by atoms with Crippen LogP contribution in [-0.2, 0) is 4.74 Å². The van der Waals surface area contributed by atoms with Crippen LogP contribution in [0.5, 0.6) is 0 Å². The minimum Gasteiger partial charge on any atom is -0.406 e. The van der Waals surface area contributed by atoms with Gasteiger partial charge in [-0.25, -0.2) is 0 Å². The summed E-state index contributed by atoms with van der Waals surface area (Å²) >= 11 is 5.88. The minimum atomic E-state index is -0.265. The molecule has 2 rings (SSSR count). The van der Waals surface area contributed by atoms with Crippen LogP contribution in [0.2, 0.25) is 0 Å². The molecule has 18 heavy (non-hydrogen) atoms. The van der Waals surface area contributed by atoms with Crippen molar-refractivity contribution in [2.24, 2.45) is 5.41 Å². The van der Waals surface area contributed by atoms with E-state index in [1.807, 2.05) is 6.92 Å². The normalized spacial score (nSPS) is 27.6. The van der Waals surface area contributed by atoms with Gasteiger partial charge in [0.15, 0.2) is 0 Å². The summed E-state index contributed by atoms with van der Waals surface area (Å²) in [4.78, 5) is 0. The minimum absolute atomic E-state index is 0.0667. The molecule has 0 aliphatic heterocycles. The molecule has 1 aliphatic carbocycles. The van der Waals surface area contributed by atoms with Crippen molar-refractivity contribution < 1.29 is 9.15 Å². The number of hydrogen-bond acceptors (Lipinski definition) is 5. The molecule has 0 spiro atoms. The molecule has 0 saturated heterocycles. The average Bonchev–Trinajstić information content (AvgIpc) is 2.76. The summed E-state index contributed by atoms with van der Waals surface area (Å²) in [6.45, 7) is 8.92. The maximum Gasteiger partial charge on any atom is 0.315 e. The number of anilines is 1. The molecule has 5 nitrogen and oxygen atoms in total. The number of hydrogen-bond donors (Lipinski definition) is 1. The van der Waals surface area contributed by atoms with Crippen LogP contribution in [0.25, 0.3) is 0 Å². The fourth-order valence-electron chi connectivity index (χ4n) is 2.22. The first kappa shape index (κ1) is 13.6. The largest absolute Gasteiger partial charge is 0.406 e. The molecule has 1 fully saturated rings. The molecule has 1 aliphatic rings. The van der Waals surface area contributed by atoms with Crippen LogP contribution in [0, 0.1) is 5.41 Å². The fourth-order valence-corrected chi connectivity index (χ4v) is 2.31. The molecular formula is C12H20ClN3O2. The lowest BCUT2D eigenvalue weighted by molar-refractivity contribution is -0.0980. The topological polar surface area (TPSA) is 60.2 Å². The summed E-state index contributed by atoms with van der Waals surface area (Å²) in [5.74, 6) is 0.442. The molecule has 102 valence electrons. The Hall–Kier alpha value is -0.810. The van der Waals surface area contributed by atoms with E-state index in [4.69, 9.17) is 20.8 Å². The number of nitrogens with one attached hydrogen (secondary N) is 1. The Morgan fingerprint density at radius 2 is 2.28 bits per heavy atom. The van der Waals surface area contributed by atoms with Crippen LogP contribution in [0.4, 0.5) is 6.01 Å². The van der Waals surface area contributed by atoms with Gasteiger partial charge in [-0.05, 0) is 20.3 Å². The SMILES string of the molecule is CCOC1CC(Nc2nnc(C(C)Cl)o2)C1(C)C. The Morgan fingerprint density at radius 3 is 2.78 bits per heavy atom. The van der Waals surface area contributed by atoms with Crippen LogP contribution >= 0.6 is 11.6 Å². The van der Waals surface area contributed by atoms with E-state index in [2.05, 4.69) is 29.4 Å². The molecule has 1 aromatic heterocycles. The van der Waals surface area contributed by atoms with Gasteiger partial charge in [-0.1, -0.05) is 18.9 Å². The van der Waals surface area contributed by atoms with Crippen molar-refractivity contribution in [3.8, 4) is 0 Å². The number of ether oxygens (including phenoxy) is 1. The van der Waals surface area contributed by atoms with Gasteiger partial charge < -0.3 is 14.5 Å². The third kappa shape index (κ3) is 2.47. The molecule has 1 N–H and O–H groups in total. The van der Waals surface area contributed by atoms with Crippen LogP contribution in [-0.4, -0.2) is 29.0 Å². The predicted octanol–water partition coefficient (Wildman–Crippen LogP) is 2.98. The Balaban J connectivity index is 1.94. The highest BCUT2D eigenvalue weighted by Crippen LogP contribution is 2.44. The number of nitrogens with zero attached hydrogens (tertiary/aromatic N) is 2. The first-order valence-corrected chi connectivity index (χ1v) is 6.74. The smallest absolute Gasteiger partial charge is 0.315 e. The zero-order chi connectivity index (χ0) is 13.3. The molecule has 1 saturated carbocycles. The fraction of sp³-hybridized carbons (Fsp3) is 0.833. The maximum atomic E-state index is 5.88. The molecule has 6 heteroatoms. The molecule has 0 amide bonds. The lowest BCUT2D eigenvalue weighted by Gasteiger charge is -2.51. The molecule has 0 aromatic carbocycles. The van der Waals surface area contributed by atoms with Crippen LogP contribution in [0.1, 0.15) is 45.4 Å². The standard InChI is InChI=1S/C12H20ClN3O2/c1-5-17-9-6-8(12(9,3)4)14-11-16-15-10(18-11)7(2)13/h7-9H,5-6H2,1-4H3,(H,14,16). The molecule has 0 radical (unpaired) electrons. The van der Waals surface area contributed by atoms with E-state index in [1.165, 1.54) is 0 Å². The molecule has 1 heterocycles. The Morgan fingerprint density at radius 1 is 1.56 bits per heavy atom. The lowest BCUT2D eigenvalue weighted by Crippen LogP contribution is -2.58. The summed E-state index contributed by atoms with van der Waals surface area (Å²) in [5, 5.41) is 10.8. The average molecular weight is 274 g/mol. The first-order chi connectivity index (χ1) is 8.45. The van der Waals surface area contributed by atoms with Gasteiger partial charge in [0.2, 0.25) is 5.89 Å². The third-order valence-corrected chi connectivity index (χ3v) is 3.81. The van der Waals surface area contributed by atoms with Gasteiger partial charge in [0.1, 0.15) is 5.38 Å². The second-order valence-corrected chi connectivity index (χ2v) is 5.91. The highest BCUT2D eigenvalue weighted by atomic mass is 35.5. The van der Waals surface area contributed by atoms with Crippen molar-refractivity contribution in [1.82, 2.24) is 10.2 Å². The van der Waals surface area contributed by atoms with Gasteiger partial charge >= 0.3 is 6.01 Å². The van der Waals surface area contributed by atoms with Crippen LogP contribution < -0.4 is 5.32 Å².